The first-order chi connectivity index (χ1) is 8.91. The number of hydrogen-bond donors (Lipinski definition) is 1. The van der Waals surface area contributed by atoms with Gasteiger partial charge in [-0.3, -0.25) is 0 Å². The Bertz CT molecular complexity index is 682. The van der Waals surface area contributed by atoms with Crippen LogP contribution in [0.4, 0.5) is 5.13 Å². The molecule has 1 aromatic heterocycles. The minimum atomic E-state index is -3.63. The lowest BCUT2D eigenvalue weighted by atomic mass is 10.1. The predicted octanol–water partition coefficient (Wildman–Crippen LogP) is 1.25. The molecule has 0 aliphatic heterocycles. The molecule has 0 aliphatic rings. The number of hydrogen-bond acceptors (Lipinski definition) is 6. The average Bonchev–Trinajstić information content (AvgIpc) is 2.79. The van der Waals surface area contributed by atoms with E-state index in [2.05, 4.69) is 10.2 Å². The molecule has 6 nitrogen and oxygen atoms in total. The molecule has 2 N–H and O–H groups in total. The normalized spacial score (nSPS) is 11.9. The molecule has 1 aromatic carbocycles. The molecule has 0 amide bonds. The third kappa shape index (κ3) is 2.91. The summed E-state index contributed by atoms with van der Waals surface area (Å²) in [5, 5.41) is 7.26. The first-order valence-electron chi connectivity index (χ1n) is 5.51. The van der Waals surface area contributed by atoms with Crippen molar-refractivity contribution < 1.29 is 8.42 Å². The molecule has 0 unspecified atom stereocenters. The van der Waals surface area contributed by atoms with Gasteiger partial charge in [0, 0.05) is 13.6 Å². The Kier molecular flexibility index (Phi) is 3.83. The molecule has 0 saturated carbocycles. The van der Waals surface area contributed by atoms with Crippen LogP contribution in [-0.2, 0) is 16.6 Å². The molecule has 2 rings (SSSR count). The Labute approximate surface area is 115 Å². The Morgan fingerprint density at radius 3 is 2.58 bits per heavy atom. The van der Waals surface area contributed by atoms with Crippen molar-refractivity contribution in [2.45, 2.75) is 17.8 Å². The molecule has 0 bridgehead atoms. The van der Waals surface area contributed by atoms with Crippen LogP contribution in [0, 0.1) is 6.92 Å². The molecule has 0 aliphatic carbocycles. The summed E-state index contributed by atoms with van der Waals surface area (Å²) in [5.41, 5.74) is 7.41. The highest BCUT2D eigenvalue weighted by molar-refractivity contribution is 7.91. The van der Waals surface area contributed by atoms with Gasteiger partial charge in [0.15, 0.2) is 0 Å². The molecule has 0 radical (unpaired) electrons. The zero-order valence-corrected chi connectivity index (χ0v) is 12.2. The molecule has 0 fully saturated rings. The van der Waals surface area contributed by atoms with Crippen LogP contribution in [0.15, 0.2) is 28.6 Å². The first kappa shape index (κ1) is 13.9. The van der Waals surface area contributed by atoms with Gasteiger partial charge in [-0.05, 0) is 18.1 Å². The SMILES string of the molecule is Cc1ccccc1CN(C)S(=O)(=O)c1nnc(N)s1. The van der Waals surface area contributed by atoms with Gasteiger partial charge in [-0.15, -0.1) is 10.2 Å². The number of aryl methyl sites for hydroxylation is 1. The Balaban J connectivity index is 2.25. The topological polar surface area (TPSA) is 89.2 Å². The zero-order valence-electron chi connectivity index (χ0n) is 10.6. The van der Waals surface area contributed by atoms with Crippen molar-refractivity contribution in [3.8, 4) is 0 Å². The monoisotopic (exact) mass is 298 g/mol. The quantitative estimate of drug-likeness (QED) is 0.917. The van der Waals surface area contributed by atoms with Crippen LogP contribution in [0.25, 0.3) is 0 Å². The lowest BCUT2D eigenvalue weighted by Gasteiger charge is -2.16. The van der Waals surface area contributed by atoms with Crippen LogP contribution in [-0.4, -0.2) is 30.0 Å². The van der Waals surface area contributed by atoms with Crippen LogP contribution in [0.3, 0.4) is 0 Å². The summed E-state index contributed by atoms with van der Waals surface area (Å²) in [4.78, 5) is 0. The van der Waals surface area contributed by atoms with Crippen molar-refractivity contribution in [2.24, 2.45) is 0 Å². The maximum atomic E-state index is 12.2. The molecule has 102 valence electrons. The number of aromatic nitrogens is 2. The van der Waals surface area contributed by atoms with Crippen molar-refractivity contribution in [1.29, 1.82) is 0 Å². The van der Waals surface area contributed by atoms with Crippen molar-refractivity contribution in [2.75, 3.05) is 12.8 Å². The molecule has 0 saturated heterocycles. The van der Waals surface area contributed by atoms with Gasteiger partial charge in [-0.2, -0.15) is 4.31 Å². The minimum absolute atomic E-state index is 0.0823. The van der Waals surface area contributed by atoms with Crippen LogP contribution >= 0.6 is 11.3 Å². The van der Waals surface area contributed by atoms with Gasteiger partial charge in [0.2, 0.25) is 9.47 Å². The van der Waals surface area contributed by atoms with E-state index in [1.54, 1.807) is 0 Å². The summed E-state index contributed by atoms with van der Waals surface area (Å²) in [5.74, 6) is 0. The second-order valence-electron chi connectivity index (χ2n) is 4.09. The second kappa shape index (κ2) is 5.24. The van der Waals surface area contributed by atoms with Crippen LogP contribution < -0.4 is 5.73 Å². The smallest absolute Gasteiger partial charge is 0.272 e. The van der Waals surface area contributed by atoms with E-state index in [4.69, 9.17) is 5.73 Å². The lowest BCUT2D eigenvalue weighted by Crippen LogP contribution is -2.26. The van der Waals surface area contributed by atoms with E-state index in [-0.39, 0.29) is 16.0 Å². The van der Waals surface area contributed by atoms with Crippen molar-refractivity contribution >= 4 is 26.5 Å². The van der Waals surface area contributed by atoms with Crippen molar-refractivity contribution in [3.05, 3.63) is 35.4 Å². The molecule has 1 heterocycles. The molecule has 19 heavy (non-hydrogen) atoms. The fourth-order valence-electron chi connectivity index (χ4n) is 1.57. The number of sulfonamides is 1. The van der Waals surface area contributed by atoms with E-state index in [9.17, 15) is 8.42 Å². The molecule has 2 aromatic rings. The van der Waals surface area contributed by atoms with Crippen LogP contribution in [0.5, 0.6) is 0 Å². The summed E-state index contributed by atoms with van der Waals surface area (Å²) in [6, 6.07) is 7.64. The largest absolute Gasteiger partial charge is 0.374 e. The van der Waals surface area contributed by atoms with E-state index in [1.807, 2.05) is 31.2 Å². The van der Waals surface area contributed by atoms with E-state index < -0.39 is 10.0 Å². The van der Waals surface area contributed by atoms with Gasteiger partial charge < -0.3 is 5.73 Å². The Hall–Kier alpha value is -1.51. The second-order valence-corrected chi connectivity index (χ2v) is 7.32. The van der Waals surface area contributed by atoms with Gasteiger partial charge in [0.05, 0.1) is 0 Å². The maximum absolute atomic E-state index is 12.2. The zero-order chi connectivity index (χ0) is 14.0. The van der Waals surface area contributed by atoms with Gasteiger partial charge in [0.1, 0.15) is 0 Å². The minimum Gasteiger partial charge on any atom is -0.374 e. The van der Waals surface area contributed by atoms with Gasteiger partial charge in [-0.1, -0.05) is 35.6 Å². The van der Waals surface area contributed by atoms with E-state index >= 15 is 0 Å². The number of nitrogen functional groups attached to an aromatic ring is 1. The molecular weight excluding hydrogens is 284 g/mol. The van der Waals surface area contributed by atoms with Gasteiger partial charge in [0.25, 0.3) is 10.0 Å². The standard InChI is InChI=1S/C11H14N4O2S2/c1-8-5-3-4-6-9(8)7-15(2)19(16,17)11-14-13-10(12)18-11/h3-6H,7H2,1-2H3,(H2,12,13). The highest BCUT2D eigenvalue weighted by Crippen LogP contribution is 2.22. The summed E-state index contributed by atoms with van der Waals surface area (Å²) in [7, 11) is -2.12. The summed E-state index contributed by atoms with van der Waals surface area (Å²) in [6.45, 7) is 2.23. The molecule has 0 atom stereocenters. The van der Waals surface area contributed by atoms with Gasteiger partial charge in [-0.25, -0.2) is 8.42 Å². The van der Waals surface area contributed by atoms with Gasteiger partial charge >= 0.3 is 0 Å². The fraction of sp³-hybridized carbons (Fsp3) is 0.273. The Morgan fingerprint density at radius 2 is 2.00 bits per heavy atom. The number of anilines is 1. The van der Waals surface area contributed by atoms with E-state index in [0.717, 1.165) is 22.5 Å². The highest BCUT2D eigenvalue weighted by Gasteiger charge is 2.25. The fourth-order valence-corrected chi connectivity index (χ4v) is 3.69. The molecule has 0 spiro atoms. The third-order valence-electron chi connectivity index (χ3n) is 2.71. The highest BCUT2D eigenvalue weighted by atomic mass is 32.2. The third-order valence-corrected chi connectivity index (χ3v) is 5.61. The number of nitrogens with zero attached hydrogens (tertiary/aromatic N) is 3. The Morgan fingerprint density at radius 1 is 1.32 bits per heavy atom. The van der Waals surface area contributed by atoms with Crippen molar-refractivity contribution in [1.82, 2.24) is 14.5 Å². The first-order valence-corrected chi connectivity index (χ1v) is 7.77. The predicted molar refractivity (Wildman–Crippen MR) is 74.2 cm³/mol. The summed E-state index contributed by atoms with van der Waals surface area (Å²) in [6.07, 6.45) is 0. The number of nitrogens with two attached hydrogens (primary N) is 1. The van der Waals surface area contributed by atoms with Crippen molar-refractivity contribution in [3.63, 3.8) is 0 Å². The van der Waals surface area contributed by atoms with Crippen LogP contribution in [0.1, 0.15) is 11.1 Å². The maximum Gasteiger partial charge on any atom is 0.272 e. The number of benzene rings is 1. The molecular formula is C11H14N4O2S2. The average molecular weight is 298 g/mol. The summed E-state index contributed by atoms with van der Waals surface area (Å²) >= 11 is 0.864. The molecule has 8 heteroatoms. The lowest BCUT2D eigenvalue weighted by molar-refractivity contribution is 0.464. The summed E-state index contributed by atoms with van der Waals surface area (Å²) < 4.78 is 25.6. The van der Waals surface area contributed by atoms with Crippen LogP contribution in [0.2, 0.25) is 0 Å². The van der Waals surface area contributed by atoms with E-state index in [0.29, 0.717) is 0 Å². The van der Waals surface area contributed by atoms with E-state index in [1.165, 1.54) is 11.4 Å². The number of rotatable bonds is 4.